The lowest BCUT2D eigenvalue weighted by Gasteiger charge is -2.07. The zero-order valence-corrected chi connectivity index (χ0v) is 8.40. The molecule has 0 spiro atoms. The fourth-order valence-electron chi connectivity index (χ4n) is 1.04. The van der Waals surface area contributed by atoms with E-state index in [-0.39, 0.29) is 0 Å². The summed E-state index contributed by atoms with van der Waals surface area (Å²) < 4.78 is 0. The molecule has 0 aromatic heterocycles. The van der Waals surface area contributed by atoms with Crippen molar-refractivity contribution in [2.75, 3.05) is 18.1 Å². The second kappa shape index (κ2) is 5.50. The van der Waals surface area contributed by atoms with Crippen molar-refractivity contribution in [3.8, 4) is 6.07 Å². The zero-order chi connectivity index (χ0) is 9.52. The molecule has 0 bridgehead atoms. The first-order valence-electron chi connectivity index (χ1n) is 4.12. The van der Waals surface area contributed by atoms with E-state index in [0.29, 0.717) is 13.0 Å². The number of hydrogen-bond donors (Lipinski definition) is 1. The number of nitriles is 1. The summed E-state index contributed by atoms with van der Waals surface area (Å²) in [4.78, 5) is 1.22. The standard InChI is InChI=1S/C10H12N2S/c1-13-10-6-3-2-5-9(10)12-8-4-7-11/h2-3,5-6,12H,4,8H2,1H3. The van der Waals surface area contributed by atoms with Crippen LogP contribution in [0.4, 0.5) is 5.69 Å². The monoisotopic (exact) mass is 192 g/mol. The van der Waals surface area contributed by atoms with Gasteiger partial charge in [0.15, 0.2) is 0 Å². The normalized spacial score (nSPS) is 9.23. The smallest absolute Gasteiger partial charge is 0.0640 e. The van der Waals surface area contributed by atoms with Gasteiger partial charge in [0.25, 0.3) is 0 Å². The fourth-order valence-corrected chi connectivity index (χ4v) is 1.62. The summed E-state index contributed by atoms with van der Waals surface area (Å²) in [7, 11) is 0. The van der Waals surface area contributed by atoms with Crippen LogP contribution in [0.5, 0.6) is 0 Å². The van der Waals surface area contributed by atoms with Crippen molar-refractivity contribution in [1.29, 1.82) is 5.26 Å². The summed E-state index contributed by atoms with van der Waals surface area (Å²) in [5.41, 5.74) is 1.12. The Bertz CT molecular complexity index is 304. The van der Waals surface area contributed by atoms with E-state index in [2.05, 4.69) is 17.5 Å². The van der Waals surface area contributed by atoms with Crippen LogP contribution in [0.25, 0.3) is 0 Å². The number of thioether (sulfide) groups is 1. The lowest BCUT2D eigenvalue weighted by atomic mass is 10.3. The average molecular weight is 192 g/mol. The highest BCUT2D eigenvalue weighted by molar-refractivity contribution is 7.98. The van der Waals surface area contributed by atoms with Gasteiger partial charge < -0.3 is 5.32 Å². The SMILES string of the molecule is CSc1ccccc1NCCC#N. The molecule has 0 amide bonds. The second-order valence-corrected chi connectivity index (χ2v) is 3.38. The van der Waals surface area contributed by atoms with Crippen molar-refractivity contribution in [2.45, 2.75) is 11.3 Å². The molecule has 0 fully saturated rings. The van der Waals surface area contributed by atoms with Crippen molar-refractivity contribution in [3.05, 3.63) is 24.3 Å². The molecule has 1 aromatic carbocycles. The zero-order valence-electron chi connectivity index (χ0n) is 7.58. The van der Waals surface area contributed by atoms with Gasteiger partial charge in [-0.1, -0.05) is 12.1 Å². The molecule has 3 heteroatoms. The van der Waals surface area contributed by atoms with Gasteiger partial charge in [-0.05, 0) is 18.4 Å². The molecule has 0 radical (unpaired) electrons. The number of hydrogen-bond acceptors (Lipinski definition) is 3. The molecule has 0 aliphatic rings. The molecular weight excluding hydrogens is 180 g/mol. The van der Waals surface area contributed by atoms with E-state index in [1.807, 2.05) is 24.5 Å². The van der Waals surface area contributed by atoms with Gasteiger partial charge in [0, 0.05) is 17.1 Å². The first-order valence-corrected chi connectivity index (χ1v) is 5.35. The predicted molar refractivity (Wildman–Crippen MR) is 56.9 cm³/mol. The van der Waals surface area contributed by atoms with Crippen LogP contribution in [0.2, 0.25) is 0 Å². The number of nitrogens with one attached hydrogen (secondary N) is 1. The largest absolute Gasteiger partial charge is 0.383 e. The van der Waals surface area contributed by atoms with Crippen LogP contribution in [-0.2, 0) is 0 Å². The van der Waals surface area contributed by atoms with Gasteiger partial charge in [-0.2, -0.15) is 5.26 Å². The third-order valence-electron chi connectivity index (χ3n) is 1.66. The van der Waals surface area contributed by atoms with E-state index in [0.717, 1.165) is 5.69 Å². The minimum atomic E-state index is 0.544. The Kier molecular flexibility index (Phi) is 4.20. The molecule has 0 heterocycles. The highest BCUT2D eigenvalue weighted by Gasteiger charge is 1.97. The van der Waals surface area contributed by atoms with Crippen LogP contribution < -0.4 is 5.32 Å². The van der Waals surface area contributed by atoms with E-state index in [1.165, 1.54) is 4.90 Å². The van der Waals surface area contributed by atoms with Gasteiger partial charge in [0.2, 0.25) is 0 Å². The Morgan fingerprint density at radius 1 is 1.46 bits per heavy atom. The van der Waals surface area contributed by atoms with E-state index < -0.39 is 0 Å². The van der Waals surface area contributed by atoms with E-state index in [1.54, 1.807) is 11.8 Å². The fraction of sp³-hybridized carbons (Fsp3) is 0.300. The van der Waals surface area contributed by atoms with Gasteiger partial charge in [-0.3, -0.25) is 0 Å². The number of nitrogens with zero attached hydrogens (tertiary/aromatic N) is 1. The van der Waals surface area contributed by atoms with Crippen molar-refractivity contribution < 1.29 is 0 Å². The minimum Gasteiger partial charge on any atom is -0.383 e. The first kappa shape index (κ1) is 9.94. The molecule has 0 unspecified atom stereocenters. The van der Waals surface area contributed by atoms with Crippen LogP contribution in [0.3, 0.4) is 0 Å². The highest BCUT2D eigenvalue weighted by atomic mass is 32.2. The molecule has 13 heavy (non-hydrogen) atoms. The molecule has 1 N–H and O–H groups in total. The molecule has 1 aromatic rings. The van der Waals surface area contributed by atoms with Gasteiger partial charge in [-0.15, -0.1) is 11.8 Å². The lowest BCUT2D eigenvalue weighted by Crippen LogP contribution is -2.00. The average Bonchev–Trinajstić information content (AvgIpc) is 2.19. The minimum absolute atomic E-state index is 0.544. The third-order valence-corrected chi connectivity index (χ3v) is 2.46. The summed E-state index contributed by atoms with van der Waals surface area (Å²) in [6, 6.07) is 10.2. The first-order chi connectivity index (χ1) is 6.38. The maximum absolute atomic E-state index is 8.38. The Morgan fingerprint density at radius 2 is 2.23 bits per heavy atom. The molecule has 68 valence electrons. The van der Waals surface area contributed by atoms with Crippen LogP contribution in [-0.4, -0.2) is 12.8 Å². The number of rotatable bonds is 4. The topological polar surface area (TPSA) is 35.8 Å². The second-order valence-electron chi connectivity index (χ2n) is 2.54. The van der Waals surface area contributed by atoms with Crippen LogP contribution >= 0.6 is 11.8 Å². The molecule has 0 aliphatic carbocycles. The Hall–Kier alpha value is -1.14. The quantitative estimate of drug-likeness (QED) is 0.588. The van der Waals surface area contributed by atoms with Crippen molar-refractivity contribution in [1.82, 2.24) is 0 Å². The summed E-state index contributed by atoms with van der Waals surface area (Å²) in [5, 5.41) is 11.6. The summed E-state index contributed by atoms with van der Waals surface area (Å²) >= 11 is 1.71. The third kappa shape index (κ3) is 3.00. The number of anilines is 1. The molecule has 0 saturated carbocycles. The van der Waals surface area contributed by atoms with Gasteiger partial charge >= 0.3 is 0 Å². The number of para-hydroxylation sites is 1. The number of benzene rings is 1. The Morgan fingerprint density at radius 3 is 2.92 bits per heavy atom. The van der Waals surface area contributed by atoms with Crippen LogP contribution in [0.15, 0.2) is 29.2 Å². The van der Waals surface area contributed by atoms with Gasteiger partial charge in [0.1, 0.15) is 0 Å². The Balaban J connectivity index is 2.60. The molecule has 0 saturated heterocycles. The van der Waals surface area contributed by atoms with E-state index >= 15 is 0 Å². The summed E-state index contributed by atoms with van der Waals surface area (Å²) in [6.45, 7) is 0.716. The van der Waals surface area contributed by atoms with Gasteiger partial charge in [0.05, 0.1) is 12.5 Å². The van der Waals surface area contributed by atoms with E-state index in [4.69, 9.17) is 5.26 Å². The van der Waals surface area contributed by atoms with Crippen LogP contribution in [0.1, 0.15) is 6.42 Å². The van der Waals surface area contributed by atoms with E-state index in [9.17, 15) is 0 Å². The van der Waals surface area contributed by atoms with Crippen molar-refractivity contribution in [3.63, 3.8) is 0 Å². The predicted octanol–water partition coefficient (Wildman–Crippen LogP) is 2.73. The van der Waals surface area contributed by atoms with Crippen molar-refractivity contribution in [2.24, 2.45) is 0 Å². The highest BCUT2D eigenvalue weighted by Crippen LogP contribution is 2.24. The van der Waals surface area contributed by atoms with Crippen molar-refractivity contribution >= 4 is 17.4 Å². The molecule has 1 rings (SSSR count). The summed E-state index contributed by atoms with van der Waals surface area (Å²) in [6.07, 6.45) is 2.59. The maximum atomic E-state index is 8.38. The lowest BCUT2D eigenvalue weighted by molar-refractivity contribution is 1.07. The molecule has 0 atom stereocenters. The molecular formula is C10H12N2S. The summed E-state index contributed by atoms with van der Waals surface area (Å²) in [5.74, 6) is 0. The van der Waals surface area contributed by atoms with Crippen LogP contribution in [0, 0.1) is 11.3 Å². The molecule has 2 nitrogen and oxygen atoms in total. The Labute approximate surface area is 83.0 Å². The molecule has 0 aliphatic heterocycles. The maximum Gasteiger partial charge on any atom is 0.0640 e. The van der Waals surface area contributed by atoms with Gasteiger partial charge in [-0.25, -0.2) is 0 Å².